The molecule has 1 fully saturated rings. The number of benzene rings is 3. The van der Waals surface area contributed by atoms with Gasteiger partial charge in [-0.2, -0.15) is 0 Å². The van der Waals surface area contributed by atoms with E-state index < -0.39 is 0 Å². The van der Waals surface area contributed by atoms with Crippen LogP contribution in [0.2, 0.25) is 0 Å². The second kappa shape index (κ2) is 11.9. The first-order valence-electron chi connectivity index (χ1n) is 14.7. The Morgan fingerprint density at radius 1 is 1.10 bits per heavy atom. The van der Waals surface area contributed by atoms with Crippen LogP contribution in [0.25, 0.3) is 22.2 Å². The van der Waals surface area contributed by atoms with Crippen LogP contribution >= 0.6 is 0 Å². The molecule has 216 valence electrons. The molecule has 0 spiro atoms. The van der Waals surface area contributed by atoms with Crippen LogP contribution in [0, 0.1) is 12.7 Å². The maximum absolute atomic E-state index is 13.7. The molecule has 2 aliphatic rings. The summed E-state index contributed by atoms with van der Waals surface area (Å²) >= 11 is 0. The largest absolute Gasteiger partial charge is 0.491 e. The quantitative estimate of drug-likeness (QED) is 0.168. The lowest BCUT2D eigenvalue weighted by Gasteiger charge is -2.27. The van der Waals surface area contributed by atoms with Crippen molar-refractivity contribution in [2.24, 2.45) is 4.99 Å². The molecular formula is C35H38FN5O. The van der Waals surface area contributed by atoms with Crippen molar-refractivity contribution in [2.45, 2.75) is 52.6 Å². The number of imidazole rings is 1. The van der Waals surface area contributed by atoms with Crippen LogP contribution in [0.4, 0.5) is 4.39 Å². The van der Waals surface area contributed by atoms with Crippen LogP contribution in [0.3, 0.4) is 0 Å². The fourth-order valence-corrected chi connectivity index (χ4v) is 5.43. The van der Waals surface area contributed by atoms with Crippen molar-refractivity contribution in [2.75, 3.05) is 19.7 Å². The molecule has 2 N–H and O–H groups in total. The van der Waals surface area contributed by atoms with Crippen LogP contribution in [0.1, 0.15) is 43.6 Å². The summed E-state index contributed by atoms with van der Waals surface area (Å²) in [4.78, 5) is 15.4. The van der Waals surface area contributed by atoms with Crippen LogP contribution in [0.5, 0.6) is 5.75 Å². The molecule has 1 saturated carbocycles. The maximum Gasteiger partial charge on any atom is 0.132 e. The van der Waals surface area contributed by atoms with E-state index >= 15 is 0 Å². The molecule has 42 heavy (non-hydrogen) atoms. The number of allylic oxidation sites excluding steroid dienone is 2. The van der Waals surface area contributed by atoms with E-state index in [1.807, 2.05) is 26.0 Å². The van der Waals surface area contributed by atoms with Gasteiger partial charge in [-0.15, -0.1) is 0 Å². The fourth-order valence-electron chi connectivity index (χ4n) is 5.43. The summed E-state index contributed by atoms with van der Waals surface area (Å²) in [6.45, 7) is 13.0. The van der Waals surface area contributed by atoms with Gasteiger partial charge in [-0.05, 0) is 86.7 Å². The highest BCUT2D eigenvalue weighted by Crippen LogP contribution is 2.33. The zero-order valence-electron chi connectivity index (χ0n) is 24.6. The summed E-state index contributed by atoms with van der Waals surface area (Å²) in [7, 11) is 0. The molecule has 6 nitrogen and oxygen atoms in total. The first kappa shape index (κ1) is 27.9. The highest BCUT2D eigenvalue weighted by Gasteiger charge is 2.23. The van der Waals surface area contributed by atoms with Crippen molar-refractivity contribution in [3.8, 4) is 16.9 Å². The van der Waals surface area contributed by atoms with Crippen molar-refractivity contribution in [3.05, 3.63) is 107 Å². The number of H-pyrrole nitrogens is 1. The van der Waals surface area contributed by atoms with Gasteiger partial charge in [0.05, 0.1) is 17.6 Å². The van der Waals surface area contributed by atoms with E-state index in [1.165, 1.54) is 25.0 Å². The number of nitrogens with one attached hydrogen (secondary N) is 2. The summed E-state index contributed by atoms with van der Waals surface area (Å²) < 4.78 is 19.9. The third-order valence-electron chi connectivity index (χ3n) is 7.87. The molecule has 1 aliphatic carbocycles. The van der Waals surface area contributed by atoms with Crippen LogP contribution in [0.15, 0.2) is 89.2 Å². The number of fused-ring (bicyclic) bond motifs is 2. The summed E-state index contributed by atoms with van der Waals surface area (Å²) in [5.41, 5.74) is 9.39. The molecule has 0 atom stereocenters. The zero-order chi connectivity index (χ0) is 29.2. The summed E-state index contributed by atoms with van der Waals surface area (Å²) in [5.74, 6) is 2.46. The first-order chi connectivity index (χ1) is 20.3. The second-order valence-corrected chi connectivity index (χ2v) is 11.5. The molecule has 0 unspecified atom stereocenters. The predicted molar refractivity (Wildman–Crippen MR) is 168 cm³/mol. The number of aliphatic imine (C=N–C) groups is 1. The predicted octanol–water partition coefficient (Wildman–Crippen LogP) is 7.12. The molecule has 3 aromatic carbocycles. The molecule has 0 radical (unpaired) electrons. The van der Waals surface area contributed by atoms with E-state index in [1.54, 1.807) is 0 Å². The van der Waals surface area contributed by atoms with Crippen molar-refractivity contribution in [3.63, 3.8) is 0 Å². The van der Waals surface area contributed by atoms with Gasteiger partial charge in [-0.3, -0.25) is 0 Å². The van der Waals surface area contributed by atoms with E-state index in [2.05, 4.69) is 70.1 Å². The lowest BCUT2D eigenvalue weighted by Crippen LogP contribution is -2.28. The first-order valence-corrected chi connectivity index (χ1v) is 14.7. The normalized spacial score (nSPS) is 16.1. The van der Waals surface area contributed by atoms with Crippen molar-refractivity contribution < 1.29 is 9.13 Å². The Morgan fingerprint density at radius 3 is 2.62 bits per heavy atom. The van der Waals surface area contributed by atoms with Gasteiger partial charge < -0.3 is 19.9 Å². The Hall–Kier alpha value is -4.23. The van der Waals surface area contributed by atoms with Crippen LogP contribution in [-0.4, -0.2) is 46.3 Å². The summed E-state index contributed by atoms with van der Waals surface area (Å²) in [5, 5.41) is 3.59. The number of halogens is 1. The van der Waals surface area contributed by atoms with Gasteiger partial charge in [0.25, 0.3) is 0 Å². The minimum Gasteiger partial charge on any atom is -0.491 e. The molecule has 1 aromatic heterocycles. The van der Waals surface area contributed by atoms with Crippen LogP contribution in [-0.2, 0) is 13.0 Å². The van der Waals surface area contributed by atoms with Crippen molar-refractivity contribution in [1.82, 2.24) is 20.2 Å². The Labute approximate surface area is 247 Å². The van der Waals surface area contributed by atoms with Gasteiger partial charge in [-0.1, -0.05) is 36.4 Å². The van der Waals surface area contributed by atoms with E-state index in [9.17, 15) is 4.39 Å². The van der Waals surface area contributed by atoms with E-state index in [-0.39, 0.29) is 5.82 Å². The van der Waals surface area contributed by atoms with E-state index in [0.29, 0.717) is 32.2 Å². The molecule has 7 heteroatoms. The number of ether oxygens (including phenoxy) is 1. The highest BCUT2D eigenvalue weighted by atomic mass is 19.1. The molecule has 4 aromatic rings. The molecule has 0 amide bonds. The fraction of sp³-hybridized carbons (Fsp3) is 0.314. The molecule has 0 bridgehead atoms. The van der Waals surface area contributed by atoms with Crippen molar-refractivity contribution in [1.29, 1.82) is 0 Å². The maximum atomic E-state index is 13.7. The lowest BCUT2D eigenvalue weighted by molar-refractivity contribution is 0.261. The van der Waals surface area contributed by atoms with E-state index in [0.717, 1.165) is 74.1 Å². The Balaban J connectivity index is 1.37. The minimum atomic E-state index is -0.237. The lowest BCUT2D eigenvalue weighted by atomic mass is 9.99. The number of rotatable bonds is 9. The average Bonchev–Trinajstić information content (AvgIpc) is 3.76. The Kier molecular flexibility index (Phi) is 7.94. The zero-order valence-corrected chi connectivity index (χ0v) is 24.6. The summed E-state index contributed by atoms with van der Waals surface area (Å²) in [6, 6.07) is 20.1. The number of hydrogen-bond acceptors (Lipinski definition) is 5. The summed E-state index contributed by atoms with van der Waals surface area (Å²) in [6.07, 6.45) is 3.08. The van der Waals surface area contributed by atoms with Gasteiger partial charge in [-0.25, -0.2) is 14.4 Å². The van der Waals surface area contributed by atoms with Gasteiger partial charge in [0.15, 0.2) is 0 Å². The monoisotopic (exact) mass is 563 g/mol. The molecule has 1 aliphatic heterocycles. The SMILES string of the molecule is C=C(C)/C(Cc1ccc(F)cc1)=C(\N=C(/C)CNC1CC1)N1CCOc2ccc(-c3ccc4nc(C)[nH]c4c3)cc2C1. The Morgan fingerprint density at radius 2 is 1.86 bits per heavy atom. The van der Waals surface area contributed by atoms with Gasteiger partial charge in [0.2, 0.25) is 0 Å². The number of hydrogen-bond donors (Lipinski definition) is 2. The topological polar surface area (TPSA) is 65.5 Å². The third kappa shape index (κ3) is 6.47. The number of aryl methyl sites for hydroxylation is 1. The number of aromatic amines is 1. The molecule has 0 saturated heterocycles. The van der Waals surface area contributed by atoms with Crippen LogP contribution < -0.4 is 10.1 Å². The average molecular weight is 564 g/mol. The van der Waals surface area contributed by atoms with Gasteiger partial charge in [0, 0.05) is 42.4 Å². The minimum absolute atomic E-state index is 0.237. The number of nitrogens with zero attached hydrogens (tertiary/aromatic N) is 3. The molecule has 2 heterocycles. The standard InChI is InChI=1S/C35H38FN5O/c1-22(2)31(17-25-5-9-29(36)10-6-25)35(38-23(3)20-37-30-11-12-30)41-15-16-42-34-14-8-26(18-28(34)21-41)27-7-13-32-33(19-27)40-24(4)39-32/h5-10,13-14,18-19,30,37H,1,11-12,15-17,20-21H2,2-4H3,(H,39,40)/b35-31+,38-23+. The molecule has 6 rings (SSSR count). The highest BCUT2D eigenvalue weighted by molar-refractivity contribution is 5.85. The van der Waals surface area contributed by atoms with Gasteiger partial charge in [0.1, 0.15) is 29.8 Å². The van der Waals surface area contributed by atoms with Gasteiger partial charge >= 0.3 is 0 Å². The Bertz CT molecular complexity index is 1680. The molecular weight excluding hydrogens is 525 g/mol. The smallest absolute Gasteiger partial charge is 0.132 e. The second-order valence-electron chi connectivity index (χ2n) is 11.5. The third-order valence-corrected chi connectivity index (χ3v) is 7.87. The number of aromatic nitrogens is 2. The van der Waals surface area contributed by atoms with Crippen molar-refractivity contribution >= 4 is 16.7 Å². The van der Waals surface area contributed by atoms with E-state index in [4.69, 9.17) is 9.73 Å².